The normalized spacial score (nSPS) is 11.4. The zero-order chi connectivity index (χ0) is 20.9. The molecule has 7 heteroatoms. The minimum atomic E-state index is -3.68. The number of sulfonamides is 1. The molecule has 0 saturated heterocycles. The number of methoxy groups -OCH3 is 1. The standard InChI is InChI=1S/C22H24N2O4S/c1-24(16-19-9-5-6-10-21(19)28-2)22(25)13-14-23-29(26,27)20-12-11-17-7-3-4-8-18(17)15-20/h3-12,15,23H,13-14,16H2,1-2H3. The van der Waals surface area contributed by atoms with Crippen LogP contribution in [0.5, 0.6) is 5.75 Å². The van der Waals surface area contributed by atoms with Crippen LogP contribution in [0.15, 0.2) is 71.6 Å². The van der Waals surface area contributed by atoms with Crippen LogP contribution in [0, 0.1) is 0 Å². The van der Waals surface area contributed by atoms with E-state index in [4.69, 9.17) is 4.74 Å². The number of nitrogens with zero attached hydrogens (tertiary/aromatic N) is 1. The maximum absolute atomic E-state index is 12.5. The molecular formula is C22H24N2O4S. The molecule has 6 nitrogen and oxygen atoms in total. The van der Waals surface area contributed by atoms with Gasteiger partial charge in [-0.3, -0.25) is 4.79 Å². The largest absolute Gasteiger partial charge is 0.496 e. The molecular weight excluding hydrogens is 388 g/mol. The molecule has 0 bridgehead atoms. The topological polar surface area (TPSA) is 75.7 Å². The quantitative estimate of drug-likeness (QED) is 0.617. The Kier molecular flexibility index (Phi) is 6.51. The number of carbonyl (C=O) groups excluding carboxylic acids is 1. The fourth-order valence-electron chi connectivity index (χ4n) is 3.08. The Morgan fingerprint density at radius 3 is 2.45 bits per heavy atom. The van der Waals surface area contributed by atoms with E-state index in [2.05, 4.69) is 4.72 Å². The zero-order valence-electron chi connectivity index (χ0n) is 16.5. The number of carbonyl (C=O) groups is 1. The smallest absolute Gasteiger partial charge is 0.240 e. The Bertz CT molecular complexity index is 1110. The van der Waals surface area contributed by atoms with E-state index in [0.717, 1.165) is 16.3 Å². The number of hydrogen-bond donors (Lipinski definition) is 1. The van der Waals surface area contributed by atoms with Crippen molar-refractivity contribution in [3.05, 3.63) is 72.3 Å². The second kappa shape index (κ2) is 9.07. The van der Waals surface area contributed by atoms with Gasteiger partial charge < -0.3 is 9.64 Å². The lowest BCUT2D eigenvalue weighted by atomic mass is 10.1. The molecule has 0 aromatic heterocycles. The van der Waals surface area contributed by atoms with Crippen molar-refractivity contribution in [1.29, 1.82) is 0 Å². The van der Waals surface area contributed by atoms with Gasteiger partial charge in [-0.1, -0.05) is 48.5 Å². The first-order valence-corrected chi connectivity index (χ1v) is 10.7. The molecule has 0 heterocycles. The third-order valence-electron chi connectivity index (χ3n) is 4.69. The molecule has 0 spiro atoms. The van der Waals surface area contributed by atoms with Gasteiger partial charge in [-0.05, 0) is 29.0 Å². The summed E-state index contributed by atoms with van der Waals surface area (Å²) < 4.78 is 32.9. The van der Waals surface area contributed by atoms with Crippen LogP contribution in [-0.2, 0) is 21.4 Å². The Morgan fingerprint density at radius 1 is 1.00 bits per heavy atom. The van der Waals surface area contributed by atoms with Gasteiger partial charge in [-0.2, -0.15) is 0 Å². The summed E-state index contributed by atoms with van der Waals surface area (Å²) in [6.45, 7) is 0.421. The minimum Gasteiger partial charge on any atom is -0.496 e. The molecule has 0 fully saturated rings. The average molecular weight is 413 g/mol. The lowest BCUT2D eigenvalue weighted by Crippen LogP contribution is -2.32. The number of nitrogens with one attached hydrogen (secondary N) is 1. The first-order valence-electron chi connectivity index (χ1n) is 9.25. The van der Waals surface area contributed by atoms with Crippen molar-refractivity contribution in [2.24, 2.45) is 0 Å². The van der Waals surface area contributed by atoms with Gasteiger partial charge in [-0.25, -0.2) is 13.1 Å². The molecule has 1 N–H and O–H groups in total. The third-order valence-corrected chi connectivity index (χ3v) is 6.15. The van der Waals surface area contributed by atoms with E-state index in [1.807, 2.05) is 48.5 Å². The van der Waals surface area contributed by atoms with Crippen LogP contribution >= 0.6 is 0 Å². The highest BCUT2D eigenvalue weighted by atomic mass is 32.2. The molecule has 0 saturated carbocycles. The number of hydrogen-bond acceptors (Lipinski definition) is 4. The van der Waals surface area contributed by atoms with Crippen molar-refractivity contribution in [2.45, 2.75) is 17.9 Å². The fraction of sp³-hybridized carbons (Fsp3) is 0.227. The molecule has 0 atom stereocenters. The van der Waals surface area contributed by atoms with Crippen molar-refractivity contribution in [1.82, 2.24) is 9.62 Å². The van der Waals surface area contributed by atoms with E-state index < -0.39 is 10.0 Å². The SMILES string of the molecule is COc1ccccc1CN(C)C(=O)CCNS(=O)(=O)c1ccc2ccccc2c1. The number of fused-ring (bicyclic) bond motifs is 1. The summed E-state index contributed by atoms with van der Waals surface area (Å²) >= 11 is 0. The summed E-state index contributed by atoms with van der Waals surface area (Å²) in [7, 11) is -0.411. The predicted molar refractivity (Wildman–Crippen MR) is 113 cm³/mol. The van der Waals surface area contributed by atoms with Gasteiger partial charge in [0.05, 0.1) is 12.0 Å². The number of rotatable bonds is 8. The van der Waals surface area contributed by atoms with Crippen molar-refractivity contribution in [3.63, 3.8) is 0 Å². The van der Waals surface area contributed by atoms with Gasteiger partial charge in [0.1, 0.15) is 5.75 Å². The molecule has 3 aromatic carbocycles. The molecule has 1 amide bonds. The van der Waals surface area contributed by atoms with Crippen molar-refractivity contribution < 1.29 is 17.9 Å². The van der Waals surface area contributed by atoms with E-state index in [9.17, 15) is 13.2 Å². The summed E-state index contributed by atoms with van der Waals surface area (Å²) in [6, 6.07) is 20.0. The Hall–Kier alpha value is -2.90. The van der Waals surface area contributed by atoms with Gasteiger partial charge in [0, 0.05) is 32.1 Å². The van der Waals surface area contributed by atoms with Crippen LogP contribution in [-0.4, -0.2) is 39.9 Å². The molecule has 0 unspecified atom stereocenters. The van der Waals surface area contributed by atoms with Crippen LogP contribution in [0.25, 0.3) is 10.8 Å². The Labute approximate surface area is 171 Å². The third kappa shape index (κ3) is 5.13. The van der Waals surface area contributed by atoms with Crippen molar-refractivity contribution in [2.75, 3.05) is 20.7 Å². The van der Waals surface area contributed by atoms with Crippen LogP contribution in [0.1, 0.15) is 12.0 Å². The molecule has 29 heavy (non-hydrogen) atoms. The van der Waals surface area contributed by atoms with Gasteiger partial charge in [0.15, 0.2) is 0 Å². The lowest BCUT2D eigenvalue weighted by molar-refractivity contribution is -0.130. The summed E-state index contributed by atoms with van der Waals surface area (Å²) in [6.07, 6.45) is 0.0679. The predicted octanol–water partition coefficient (Wildman–Crippen LogP) is 3.18. The maximum atomic E-state index is 12.5. The van der Waals surface area contributed by atoms with Crippen LogP contribution in [0.4, 0.5) is 0 Å². The number of ether oxygens (including phenoxy) is 1. The van der Waals surface area contributed by atoms with E-state index in [0.29, 0.717) is 12.3 Å². The second-order valence-corrected chi connectivity index (χ2v) is 8.49. The second-order valence-electron chi connectivity index (χ2n) is 6.72. The highest BCUT2D eigenvalue weighted by molar-refractivity contribution is 7.89. The first-order chi connectivity index (χ1) is 13.9. The van der Waals surface area contributed by atoms with Gasteiger partial charge in [-0.15, -0.1) is 0 Å². The van der Waals surface area contributed by atoms with Crippen LogP contribution < -0.4 is 9.46 Å². The molecule has 3 rings (SSSR count). The minimum absolute atomic E-state index is 0.0320. The highest BCUT2D eigenvalue weighted by Crippen LogP contribution is 2.20. The molecule has 0 radical (unpaired) electrons. The van der Waals surface area contributed by atoms with E-state index in [1.54, 1.807) is 37.3 Å². The van der Waals surface area contributed by atoms with Crippen molar-refractivity contribution >= 4 is 26.7 Å². The molecule has 0 aliphatic heterocycles. The molecule has 0 aliphatic carbocycles. The lowest BCUT2D eigenvalue weighted by Gasteiger charge is -2.19. The average Bonchev–Trinajstić information content (AvgIpc) is 2.73. The summed E-state index contributed by atoms with van der Waals surface area (Å²) in [5.74, 6) is 0.557. The van der Waals surface area contributed by atoms with E-state index in [1.165, 1.54) is 0 Å². The summed E-state index contributed by atoms with van der Waals surface area (Å²) in [5.41, 5.74) is 0.891. The maximum Gasteiger partial charge on any atom is 0.240 e. The van der Waals surface area contributed by atoms with Crippen LogP contribution in [0.3, 0.4) is 0 Å². The highest BCUT2D eigenvalue weighted by Gasteiger charge is 2.16. The van der Waals surface area contributed by atoms with Gasteiger partial charge >= 0.3 is 0 Å². The molecule has 0 aliphatic rings. The number of amides is 1. The van der Waals surface area contributed by atoms with Crippen LogP contribution in [0.2, 0.25) is 0 Å². The fourth-order valence-corrected chi connectivity index (χ4v) is 4.15. The van der Waals surface area contributed by atoms with E-state index in [-0.39, 0.29) is 23.8 Å². The summed E-state index contributed by atoms with van der Waals surface area (Å²) in [5, 5.41) is 1.82. The number of para-hydroxylation sites is 1. The summed E-state index contributed by atoms with van der Waals surface area (Å²) in [4.78, 5) is 14.1. The Balaban J connectivity index is 1.58. The van der Waals surface area contributed by atoms with Gasteiger partial charge in [0.2, 0.25) is 15.9 Å². The molecule has 152 valence electrons. The Morgan fingerprint density at radius 2 is 1.69 bits per heavy atom. The van der Waals surface area contributed by atoms with Crippen molar-refractivity contribution in [3.8, 4) is 5.75 Å². The first kappa shape index (κ1) is 20.8. The molecule has 3 aromatic rings. The van der Waals surface area contributed by atoms with Gasteiger partial charge in [0.25, 0.3) is 0 Å². The number of benzene rings is 3. The zero-order valence-corrected chi connectivity index (χ0v) is 17.3. The van der Waals surface area contributed by atoms with E-state index >= 15 is 0 Å². The monoisotopic (exact) mass is 412 g/mol.